The SMILES string of the molecule is CCCCC/C=C\C=C/CCC/C=C\CCCC(=O)OCC. The van der Waals surface area contributed by atoms with Gasteiger partial charge in [-0.15, -0.1) is 0 Å². The zero-order valence-corrected chi connectivity index (χ0v) is 14.6. The van der Waals surface area contributed by atoms with Gasteiger partial charge in [-0.3, -0.25) is 4.79 Å². The van der Waals surface area contributed by atoms with Crippen LogP contribution in [0, 0.1) is 0 Å². The molecule has 2 heteroatoms. The van der Waals surface area contributed by atoms with Crippen LogP contribution in [0.2, 0.25) is 0 Å². The molecule has 22 heavy (non-hydrogen) atoms. The van der Waals surface area contributed by atoms with Gasteiger partial charge in [0, 0.05) is 6.42 Å². The summed E-state index contributed by atoms with van der Waals surface area (Å²) >= 11 is 0. The molecule has 0 unspecified atom stereocenters. The molecule has 0 N–H and O–H groups in total. The molecule has 0 aliphatic carbocycles. The highest BCUT2D eigenvalue weighted by molar-refractivity contribution is 5.69. The molecule has 0 aromatic rings. The van der Waals surface area contributed by atoms with E-state index < -0.39 is 0 Å². The first kappa shape index (κ1) is 20.7. The normalized spacial score (nSPS) is 11.9. The molecule has 0 bridgehead atoms. The Labute approximate surface area is 137 Å². The first-order valence-electron chi connectivity index (χ1n) is 8.93. The van der Waals surface area contributed by atoms with Crippen molar-refractivity contribution in [1.82, 2.24) is 0 Å². The zero-order chi connectivity index (χ0) is 16.3. The third-order valence-corrected chi connectivity index (χ3v) is 3.32. The molecule has 0 spiro atoms. The van der Waals surface area contributed by atoms with Crippen molar-refractivity contribution in [3.8, 4) is 0 Å². The predicted octanol–water partition coefficient (Wildman–Crippen LogP) is 6.14. The van der Waals surface area contributed by atoms with E-state index in [0.717, 1.165) is 25.7 Å². The maximum atomic E-state index is 11.1. The quantitative estimate of drug-likeness (QED) is 0.167. The minimum Gasteiger partial charge on any atom is -0.466 e. The molecule has 0 aliphatic heterocycles. The summed E-state index contributed by atoms with van der Waals surface area (Å²) in [6.45, 7) is 4.56. The summed E-state index contributed by atoms with van der Waals surface area (Å²) in [5.41, 5.74) is 0. The lowest BCUT2D eigenvalue weighted by molar-refractivity contribution is -0.143. The molecule has 0 fully saturated rings. The first-order valence-corrected chi connectivity index (χ1v) is 8.93. The standard InChI is InChI=1S/C20H34O2/c1-3-5-6-7-8-9-10-11-12-13-14-15-16-17-18-19-20(21)22-4-2/h8-11,15-16H,3-7,12-14,17-19H2,1-2H3/b9-8-,11-10-,16-15-. The molecule has 0 heterocycles. The van der Waals surface area contributed by atoms with Gasteiger partial charge in [-0.25, -0.2) is 0 Å². The zero-order valence-electron chi connectivity index (χ0n) is 14.6. The van der Waals surface area contributed by atoms with Gasteiger partial charge in [0.25, 0.3) is 0 Å². The maximum Gasteiger partial charge on any atom is 0.305 e. The number of hydrogen-bond acceptors (Lipinski definition) is 2. The number of carbonyl (C=O) groups excluding carboxylic acids is 1. The van der Waals surface area contributed by atoms with E-state index in [9.17, 15) is 4.79 Å². The summed E-state index contributed by atoms with van der Waals surface area (Å²) in [4.78, 5) is 11.1. The van der Waals surface area contributed by atoms with Crippen molar-refractivity contribution in [3.05, 3.63) is 36.5 Å². The van der Waals surface area contributed by atoms with Crippen molar-refractivity contribution in [2.75, 3.05) is 6.61 Å². The third kappa shape index (κ3) is 16.7. The molecule has 0 saturated carbocycles. The number of carbonyl (C=O) groups is 1. The van der Waals surface area contributed by atoms with Gasteiger partial charge in [-0.1, -0.05) is 56.2 Å². The van der Waals surface area contributed by atoms with E-state index in [4.69, 9.17) is 4.74 Å². The van der Waals surface area contributed by atoms with Gasteiger partial charge in [-0.2, -0.15) is 0 Å². The highest BCUT2D eigenvalue weighted by atomic mass is 16.5. The topological polar surface area (TPSA) is 26.3 Å². The Morgan fingerprint density at radius 3 is 2.00 bits per heavy atom. The van der Waals surface area contributed by atoms with Crippen LogP contribution in [0.5, 0.6) is 0 Å². The van der Waals surface area contributed by atoms with E-state index in [-0.39, 0.29) is 5.97 Å². The first-order chi connectivity index (χ1) is 10.8. The van der Waals surface area contributed by atoms with Gasteiger partial charge in [-0.05, 0) is 51.9 Å². The van der Waals surface area contributed by atoms with E-state index >= 15 is 0 Å². The van der Waals surface area contributed by atoms with Crippen molar-refractivity contribution >= 4 is 5.97 Å². The van der Waals surface area contributed by atoms with Crippen LogP contribution in [0.4, 0.5) is 0 Å². The molecular formula is C20H34O2. The van der Waals surface area contributed by atoms with Crippen LogP contribution in [-0.4, -0.2) is 12.6 Å². The average Bonchev–Trinajstić information content (AvgIpc) is 2.51. The number of hydrogen-bond donors (Lipinski definition) is 0. The Hall–Kier alpha value is -1.31. The van der Waals surface area contributed by atoms with Crippen LogP contribution in [0.3, 0.4) is 0 Å². The fraction of sp³-hybridized carbons (Fsp3) is 0.650. The summed E-state index contributed by atoms with van der Waals surface area (Å²) in [6, 6.07) is 0. The lowest BCUT2D eigenvalue weighted by atomic mass is 10.1. The molecule has 2 nitrogen and oxygen atoms in total. The summed E-state index contributed by atoms with van der Waals surface area (Å²) in [7, 11) is 0. The summed E-state index contributed by atoms with van der Waals surface area (Å²) in [6.07, 6.45) is 24.2. The molecule has 0 saturated heterocycles. The fourth-order valence-electron chi connectivity index (χ4n) is 2.05. The van der Waals surface area contributed by atoms with Gasteiger partial charge in [0.2, 0.25) is 0 Å². The van der Waals surface area contributed by atoms with Gasteiger partial charge < -0.3 is 4.74 Å². The van der Waals surface area contributed by atoms with Crippen molar-refractivity contribution in [2.24, 2.45) is 0 Å². The van der Waals surface area contributed by atoms with Crippen LogP contribution in [0.15, 0.2) is 36.5 Å². The number of unbranched alkanes of at least 4 members (excludes halogenated alkanes) is 6. The number of allylic oxidation sites excluding steroid dienone is 6. The minimum absolute atomic E-state index is 0.0798. The molecule has 0 rings (SSSR count). The smallest absolute Gasteiger partial charge is 0.305 e. The van der Waals surface area contributed by atoms with Crippen LogP contribution in [0.1, 0.15) is 78.1 Å². The van der Waals surface area contributed by atoms with E-state index in [1.807, 2.05) is 6.92 Å². The van der Waals surface area contributed by atoms with Gasteiger partial charge in [0.15, 0.2) is 0 Å². The van der Waals surface area contributed by atoms with E-state index in [0.29, 0.717) is 13.0 Å². The van der Waals surface area contributed by atoms with Crippen LogP contribution < -0.4 is 0 Å². The molecule has 0 atom stereocenters. The van der Waals surface area contributed by atoms with Gasteiger partial charge >= 0.3 is 5.97 Å². The number of esters is 1. The second kappa shape index (κ2) is 17.7. The molecule has 126 valence electrons. The molecule has 0 amide bonds. The van der Waals surface area contributed by atoms with Crippen molar-refractivity contribution < 1.29 is 9.53 Å². The average molecular weight is 306 g/mol. The van der Waals surface area contributed by atoms with Crippen LogP contribution >= 0.6 is 0 Å². The summed E-state index contributed by atoms with van der Waals surface area (Å²) < 4.78 is 4.88. The lowest BCUT2D eigenvalue weighted by Gasteiger charge is -1.99. The number of ether oxygens (including phenoxy) is 1. The molecular weight excluding hydrogens is 272 g/mol. The van der Waals surface area contributed by atoms with E-state index in [1.54, 1.807) is 0 Å². The predicted molar refractivity (Wildman–Crippen MR) is 95.9 cm³/mol. The fourth-order valence-corrected chi connectivity index (χ4v) is 2.05. The van der Waals surface area contributed by atoms with Gasteiger partial charge in [0.05, 0.1) is 6.61 Å². The second-order valence-corrected chi connectivity index (χ2v) is 5.45. The lowest BCUT2D eigenvalue weighted by Crippen LogP contribution is -2.02. The largest absolute Gasteiger partial charge is 0.466 e. The molecule has 0 aromatic carbocycles. The van der Waals surface area contributed by atoms with Crippen molar-refractivity contribution in [2.45, 2.75) is 78.1 Å². The minimum atomic E-state index is -0.0798. The Balaban J connectivity index is 3.34. The molecule has 0 aliphatic rings. The van der Waals surface area contributed by atoms with Crippen molar-refractivity contribution in [1.29, 1.82) is 0 Å². The van der Waals surface area contributed by atoms with E-state index in [1.165, 1.54) is 32.1 Å². The highest BCUT2D eigenvalue weighted by Crippen LogP contribution is 2.03. The Morgan fingerprint density at radius 1 is 0.773 bits per heavy atom. The van der Waals surface area contributed by atoms with Crippen LogP contribution in [0.25, 0.3) is 0 Å². The maximum absolute atomic E-state index is 11.1. The van der Waals surface area contributed by atoms with Crippen LogP contribution in [-0.2, 0) is 9.53 Å². The Morgan fingerprint density at radius 2 is 1.36 bits per heavy atom. The van der Waals surface area contributed by atoms with Gasteiger partial charge in [0.1, 0.15) is 0 Å². The molecule has 0 radical (unpaired) electrons. The monoisotopic (exact) mass is 306 g/mol. The van der Waals surface area contributed by atoms with E-state index in [2.05, 4.69) is 43.4 Å². The third-order valence-electron chi connectivity index (χ3n) is 3.32. The summed E-state index contributed by atoms with van der Waals surface area (Å²) in [5.74, 6) is -0.0798. The van der Waals surface area contributed by atoms with Crippen molar-refractivity contribution in [3.63, 3.8) is 0 Å². The Bertz CT molecular complexity index is 327. The Kier molecular flexibility index (Phi) is 16.7. The number of rotatable bonds is 14. The second-order valence-electron chi connectivity index (χ2n) is 5.45. The highest BCUT2D eigenvalue weighted by Gasteiger charge is 1.98. The summed E-state index contributed by atoms with van der Waals surface area (Å²) in [5, 5.41) is 0. The molecule has 0 aromatic heterocycles.